The van der Waals surface area contributed by atoms with Gasteiger partial charge in [-0.05, 0) is 6.92 Å². The molecule has 11 heavy (non-hydrogen) atoms. The SMILES string of the molecule is CC(Cl)N1CSC=C1C(N)=O. The number of hydrogen-bond acceptors (Lipinski definition) is 3. The summed E-state index contributed by atoms with van der Waals surface area (Å²) in [4.78, 5) is 12.5. The van der Waals surface area contributed by atoms with Crippen molar-refractivity contribution in [2.75, 3.05) is 5.88 Å². The average Bonchev–Trinajstić information content (AvgIpc) is 2.32. The van der Waals surface area contributed by atoms with Crippen LogP contribution in [-0.2, 0) is 4.79 Å². The van der Waals surface area contributed by atoms with Gasteiger partial charge in [-0.1, -0.05) is 11.6 Å². The van der Waals surface area contributed by atoms with Crippen LogP contribution in [0.15, 0.2) is 11.1 Å². The largest absolute Gasteiger partial charge is 0.364 e. The number of nitrogens with two attached hydrogens (primary N) is 1. The van der Waals surface area contributed by atoms with E-state index in [1.54, 1.807) is 10.3 Å². The van der Waals surface area contributed by atoms with Crippen LogP contribution < -0.4 is 5.73 Å². The number of hydrogen-bond donors (Lipinski definition) is 1. The molecule has 0 saturated carbocycles. The fourth-order valence-corrected chi connectivity index (χ4v) is 2.09. The lowest BCUT2D eigenvalue weighted by Gasteiger charge is -2.21. The molecule has 62 valence electrons. The van der Waals surface area contributed by atoms with Gasteiger partial charge < -0.3 is 10.6 Å². The summed E-state index contributed by atoms with van der Waals surface area (Å²) in [6, 6.07) is 0. The van der Waals surface area contributed by atoms with E-state index in [4.69, 9.17) is 17.3 Å². The number of carbonyl (C=O) groups is 1. The standard InChI is InChI=1S/C6H9ClN2OS/c1-4(7)9-3-11-2-5(9)6(8)10/h2,4H,3H2,1H3,(H2,8,10). The van der Waals surface area contributed by atoms with Gasteiger partial charge in [-0.15, -0.1) is 11.8 Å². The molecule has 0 radical (unpaired) electrons. The second-order valence-corrected chi connectivity index (χ2v) is 3.67. The molecule has 0 aromatic carbocycles. The number of alkyl halides is 1. The average molecular weight is 193 g/mol. The lowest BCUT2D eigenvalue weighted by Crippen LogP contribution is -2.32. The van der Waals surface area contributed by atoms with E-state index in [0.717, 1.165) is 0 Å². The summed E-state index contributed by atoms with van der Waals surface area (Å²) in [5.74, 6) is 0.297. The molecule has 0 fully saturated rings. The summed E-state index contributed by atoms with van der Waals surface area (Å²) in [7, 11) is 0. The van der Waals surface area contributed by atoms with Crippen molar-refractivity contribution in [2.45, 2.75) is 12.4 Å². The van der Waals surface area contributed by atoms with Gasteiger partial charge in [0.1, 0.15) is 11.2 Å². The monoisotopic (exact) mass is 192 g/mol. The van der Waals surface area contributed by atoms with Crippen LogP contribution in [-0.4, -0.2) is 22.2 Å². The molecule has 0 aliphatic carbocycles. The number of rotatable bonds is 2. The fraction of sp³-hybridized carbons (Fsp3) is 0.500. The van der Waals surface area contributed by atoms with Gasteiger partial charge in [0.25, 0.3) is 5.91 Å². The van der Waals surface area contributed by atoms with Crippen LogP contribution in [0.2, 0.25) is 0 Å². The molecule has 3 nitrogen and oxygen atoms in total. The molecule has 0 saturated heterocycles. The molecule has 0 aromatic rings. The lowest BCUT2D eigenvalue weighted by molar-refractivity contribution is -0.115. The maximum atomic E-state index is 10.8. The van der Waals surface area contributed by atoms with E-state index < -0.39 is 5.91 Å². The topological polar surface area (TPSA) is 46.3 Å². The van der Waals surface area contributed by atoms with Crippen LogP contribution in [0.4, 0.5) is 0 Å². The Hall–Kier alpha value is -0.350. The number of primary amides is 1. The summed E-state index contributed by atoms with van der Waals surface area (Å²) in [6.45, 7) is 1.81. The van der Waals surface area contributed by atoms with Crippen molar-refractivity contribution in [3.63, 3.8) is 0 Å². The van der Waals surface area contributed by atoms with Gasteiger partial charge in [-0.25, -0.2) is 0 Å². The molecular weight excluding hydrogens is 184 g/mol. The minimum Gasteiger partial charge on any atom is -0.364 e. The highest BCUT2D eigenvalue weighted by Gasteiger charge is 2.22. The zero-order chi connectivity index (χ0) is 8.43. The first-order valence-electron chi connectivity index (χ1n) is 3.15. The third-order valence-corrected chi connectivity index (χ3v) is 2.45. The van der Waals surface area contributed by atoms with E-state index in [1.165, 1.54) is 11.8 Å². The van der Waals surface area contributed by atoms with E-state index in [-0.39, 0.29) is 5.50 Å². The predicted octanol–water partition coefficient (Wildman–Crippen LogP) is 0.904. The second kappa shape index (κ2) is 3.36. The smallest absolute Gasteiger partial charge is 0.265 e. The second-order valence-electron chi connectivity index (χ2n) is 2.21. The molecule has 1 unspecified atom stereocenters. The molecule has 1 amide bonds. The van der Waals surface area contributed by atoms with Crippen molar-refractivity contribution in [3.8, 4) is 0 Å². The molecule has 1 atom stereocenters. The number of nitrogens with zero attached hydrogens (tertiary/aromatic N) is 1. The predicted molar refractivity (Wildman–Crippen MR) is 46.9 cm³/mol. The van der Waals surface area contributed by atoms with Crippen LogP contribution in [0.25, 0.3) is 0 Å². The normalized spacial score (nSPS) is 19.8. The van der Waals surface area contributed by atoms with Gasteiger partial charge in [0.15, 0.2) is 0 Å². The Kier molecular flexibility index (Phi) is 2.67. The van der Waals surface area contributed by atoms with Crippen LogP contribution in [0, 0.1) is 0 Å². The first kappa shape index (κ1) is 8.74. The Morgan fingerprint density at radius 3 is 3.00 bits per heavy atom. The van der Waals surface area contributed by atoms with Crippen molar-refractivity contribution in [1.82, 2.24) is 4.90 Å². The number of amides is 1. The van der Waals surface area contributed by atoms with E-state index >= 15 is 0 Å². The van der Waals surface area contributed by atoms with Crippen molar-refractivity contribution in [2.24, 2.45) is 5.73 Å². The molecule has 5 heteroatoms. The molecule has 0 aromatic heterocycles. The van der Waals surface area contributed by atoms with Gasteiger partial charge in [0, 0.05) is 5.41 Å². The summed E-state index contributed by atoms with van der Waals surface area (Å²) >= 11 is 7.31. The summed E-state index contributed by atoms with van der Waals surface area (Å²) < 4.78 is 0. The van der Waals surface area contributed by atoms with Crippen molar-refractivity contribution in [1.29, 1.82) is 0 Å². The Morgan fingerprint density at radius 1 is 2.00 bits per heavy atom. The summed E-state index contributed by atoms with van der Waals surface area (Å²) in [5, 5.41) is 1.74. The van der Waals surface area contributed by atoms with E-state index in [2.05, 4.69) is 0 Å². The van der Waals surface area contributed by atoms with Gasteiger partial charge in [0.2, 0.25) is 0 Å². The lowest BCUT2D eigenvalue weighted by atomic mass is 10.4. The van der Waals surface area contributed by atoms with Crippen LogP contribution in [0.3, 0.4) is 0 Å². The summed E-state index contributed by atoms with van der Waals surface area (Å²) in [5.41, 5.74) is 5.44. The first-order chi connectivity index (χ1) is 5.13. The Balaban J connectivity index is 2.71. The molecule has 0 spiro atoms. The first-order valence-corrected chi connectivity index (χ1v) is 4.63. The number of thioether (sulfide) groups is 1. The van der Waals surface area contributed by atoms with Gasteiger partial charge in [-0.3, -0.25) is 4.79 Å². The molecule has 2 N–H and O–H groups in total. The molecule has 1 aliphatic heterocycles. The molecular formula is C6H9ClN2OS. The highest BCUT2D eigenvalue weighted by atomic mass is 35.5. The number of halogens is 1. The van der Waals surface area contributed by atoms with E-state index in [0.29, 0.717) is 11.6 Å². The summed E-state index contributed by atoms with van der Waals surface area (Å²) in [6.07, 6.45) is 0. The van der Waals surface area contributed by atoms with Crippen LogP contribution in [0.5, 0.6) is 0 Å². The maximum Gasteiger partial charge on any atom is 0.265 e. The third-order valence-electron chi connectivity index (χ3n) is 1.40. The number of carbonyl (C=O) groups excluding carboxylic acids is 1. The zero-order valence-electron chi connectivity index (χ0n) is 6.08. The van der Waals surface area contributed by atoms with Gasteiger partial charge in [-0.2, -0.15) is 0 Å². The van der Waals surface area contributed by atoms with Crippen molar-refractivity contribution >= 4 is 29.3 Å². The highest BCUT2D eigenvalue weighted by Crippen LogP contribution is 2.26. The van der Waals surface area contributed by atoms with Gasteiger partial charge >= 0.3 is 0 Å². The van der Waals surface area contributed by atoms with Crippen LogP contribution >= 0.6 is 23.4 Å². The van der Waals surface area contributed by atoms with E-state index in [9.17, 15) is 4.79 Å². The molecule has 1 rings (SSSR count). The Morgan fingerprint density at radius 2 is 2.64 bits per heavy atom. The van der Waals surface area contributed by atoms with Gasteiger partial charge in [0.05, 0.1) is 5.88 Å². The van der Waals surface area contributed by atoms with E-state index in [1.807, 2.05) is 6.92 Å². The Labute approximate surface area is 74.6 Å². The molecule has 0 bridgehead atoms. The minimum atomic E-state index is -0.414. The van der Waals surface area contributed by atoms with Crippen molar-refractivity contribution in [3.05, 3.63) is 11.1 Å². The van der Waals surface area contributed by atoms with Crippen LogP contribution in [0.1, 0.15) is 6.92 Å². The maximum absolute atomic E-state index is 10.8. The molecule has 1 heterocycles. The minimum absolute atomic E-state index is 0.177. The third kappa shape index (κ3) is 1.81. The molecule has 1 aliphatic rings. The fourth-order valence-electron chi connectivity index (χ4n) is 0.828. The quantitative estimate of drug-likeness (QED) is 0.523. The zero-order valence-corrected chi connectivity index (χ0v) is 7.65. The Bertz CT molecular complexity index is 205. The van der Waals surface area contributed by atoms with Crippen molar-refractivity contribution < 1.29 is 4.79 Å². The highest BCUT2D eigenvalue weighted by molar-refractivity contribution is 8.02.